The van der Waals surface area contributed by atoms with Gasteiger partial charge in [0.25, 0.3) is 5.91 Å². The van der Waals surface area contributed by atoms with Crippen LogP contribution in [0.2, 0.25) is 0 Å². The van der Waals surface area contributed by atoms with Crippen molar-refractivity contribution in [2.75, 3.05) is 18.1 Å². The van der Waals surface area contributed by atoms with Crippen molar-refractivity contribution in [1.82, 2.24) is 0 Å². The van der Waals surface area contributed by atoms with Crippen molar-refractivity contribution < 1.29 is 33.7 Å². The molecule has 0 fully saturated rings. The molecule has 2 aromatic carbocycles. The summed E-state index contributed by atoms with van der Waals surface area (Å²) in [6.07, 6.45) is 0. The molecule has 1 N–H and O–H groups in total. The van der Waals surface area contributed by atoms with Crippen LogP contribution in [0.15, 0.2) is 42.5 Å². The number of benzene rings is 2. The maximum absolute atomic E-state index is 13.4. The zero-order valence-corrected chi connectivity index (χ0v) is 16.3. The van der Waals surface area contributed by atoms with E-state index in [-0.39, 0.29) is 23.6 Å². The Morgan fingerprint density at radius 2 is 1.76 bits per heavy atom. The molecule has 0 radical (unpaired) electrons. The van der Waals surface area contributed by atoms with E-state index in [1.807, 2.05) is 0 Å². The molecule has 29 heavy (non-hydrogen) atoms. The number of nitrogens with zero attached hydrogens (tertiary/aromatic N) is 1. The highest BCUT2D eigenvalue weighted by Crippen LogP contribution is 2.41. The first-order valence-corrected chi connectivity index (χ1v) is 8.94. The van der Waals surface area contributed by atoms with Gasteiger partial charge in [-0.3, -0.25) is 14.5 Å². The number of fused-ring (bicyclic) bond motifs is 2. The van der Waals surface area contributed by atoms with Crippen LogP contribution >= 0.6 is 0 Å². The third kappa shape index (κ3) is 4.66. The van der Waals surface area contributed by atoms with Crippen molar-refractivity contribution in [2.24, 2.45) is 0 Å². The van der Waals surface area contributed by atoms with Crippen LogP contribution in [0, 0.1) is 0 Å². The third-order valence-electron chi connectivity index (χ3n) is 3.88. The molecule has 1 aliphatic rings. The van der Waals surface area contributed by atoms with E-state index in [1.165, 1.54) is 11.0 Å². The van der Waals surface area contributed by atoms with Gasteiger partial charge < -0.3 is 19.3 Å². The van der Waals surface area contributed by atoms with Crippen LogP contribution < -0.4 is 14.4 Å². The van der Waals surface area contributed by atoms with E-state index in [1.54, 1.807) is 57.2 Å². The second-order valence-corrected chi connectivity index (χ2v) is 7.36. The van der Waals surface area contributed by atoms with Crippen molar-refractivity contribution >= 4 is 23.5 Å². The fraction of sp³-hybridized carbons (Fsp3) is 0.286. The first kappa shape index (κ1) is 20.2. The largest absolute Gasteiger partial charge is 0.481 e. The number of amides is 1. The molecule has 1 amide bonds. The second kappa shape index (κ2) is 7.83. The molecule has 0 saturated heterocycles. The Balaban J connectivity index is 2.04. The molecule has 0 aromatic heterocycles. The van der Waals surface area contributed by atoms with Gasteiger partial charge in [-0.25, -0.2) is 4.79 Å². The lowest BCUT2D eigenvalue weighted by Gasteiger charge is -2.25. The summed E-state index contributed by atoms with van der Waals surface area (Å²) in [5.41, 5.74) is -0.285. The van der Waals surface area contributed by atoms with Crippen molar-refractivity contribution in [3.05, 3.63) is 48.0 Å². The van der Waals surface area contributed by atoms with Crippen molar-refractivity contribution in [3.8, 4) is 17.2 Å². The van der Waals surface area contributed by atoms with E-state index >= 15 is 0 Å². The number of anilines is 1. The molecule has 0 bridgehead atoms. The molecular weight excluding hydrogens is 378 g/mol. The Hall–Kier alpha value is -3.55. The topological polar surface area (TPSA) is 102 Å². The first-order valence-electron chi connectivity index (χ1n) is 8.94. The van der Waals surface area contributed by atoms with Crippen LogP contribution in [0.5, 0.6) is 17.2 Å². The van der Waals surface area contributed by atoms with E-state index in [2.05, 4.69) is 0 Å². The quantitative estimate of drug-likeness (QED) is 0.770. The fourth-order valence-electron chi connectivity index (χ4n) is 2.86. The van der Waals surface area contributed by atoms with Crippen LogP contribution in [0.4, 0.5) is 5.69 Å². The molecule has 3 rings (SSSR count). The normalized spacial score (nSPS) is 12.9. The Kier molecular flexibility index (Phi) is 5.45. The summed E-state index contributed by atoms with van der Waals surface area (Å²) in [6.45, 7) is 4.24. The number of carbonyl (C=O) groups excluding carboxylic acids is 2. The van der Waals surface area contributed by atoms with Crippen LogP contribution in [0.25, 0.3) is 0 Å². The molecule has 8 nitrogen and oxygen atoms in total. The number of carboxylic acids is 1. The number of esters is 1. The summed E-state index contributed by atoms with van der Waals surface area (Å²) in [4.78, 5) is 38.0. The standard InChI is InChI=1S/C21H21NO7/c1-21(2,3)29-18(25)11-22-13-7-4-5-8-14(13)28-16-10-6-9-15(19(16)20(22)26)27-12-17(23)24/h4-10H,11-12H2,1-3H3,(H,23,24). The van der Waals surface area contributed by atoms with Crippen molar-refractivity contribution in [3.63, 3.8) is 0 Å². The number of aliphatic carboxylic acids is 1. The van der Waals surface area contributed by atoms with E-state index in [0.29, 0.717) is 11.4 Å². The van der Waals surface area contributed by atoms with Crippen LogP contribution in [-0.4, -0.2) is 41.7 Å². The molecule has 0 spiro atoms. The highest BCUT2D eigenvalue weighted by Gasteiger charge is 2.33. The van der Waals surface area contributed by atoms with E-state index in [4.69, 9.17) is 19.3 Å². The Morgan fingerprint density at radius 1 is 1.07 bits per heavy atom. The zero-order chi connectivity index (χ0) is 21.2. The first-order chi connectivity index (χ1) is 13.7. The number of hydrogen-bond donors (Lipinski definition) is 1. The van der Waals surface area contributed by atoms with Gasteiger partial charge in [0.05, 0.1) is 5.69 Å². The molecule has 2 aromatic rings. The monoisotopic (exact) mass is 399 g/mol. The average molecular weight is 399 g/mol. The number of para-hydroxylation sites is 2. The van der Waals surface area contributed by atoms with E-state index in [0.717, 1.165) is 0 Å². The van der Waals surface area contributed by atoms with Crippen LogP contribution in [0.1, 0.15) is 31.1 Å². The average Bonchev–Trinajstić information content (AvgIpc) is 2.74. The van der Waals surface area contributed by atoms with Crippen molar-refractivity contribution in [2.45, 2.75) is 26.4 Å². The smallest absolute Gasteiger partial charge is 0.341 e. The number of ether oxygens (including phenoxy) is 3. The van der Waals surface area contributed by atoms with Gasteiger partial charge in [-0.1, -0.05) is 18.2 Å². The minimum absolute atomic E-state index is 0.0357. The summed E-state index contributed by atoms with van der Waals surface area (Å²) in [5, 5.41) is 8.91. The molecular formula is C21H21NO7. The summed E-state index contributed by atoms with van der Waals surface area (Å²) in [6, 6.07) is 11.4. The highest BCUT2D eigenvalue weighted by molar-refractivity contribution is 6.13. The molecule has 8 heteroatoms. The summed E-state index contributed by atoms with van der Waals surface area (Å²) in [5.74, 6) is -1.70. The predicted octanol–water partition coefficient (Wildman–Crippen LogP) is 3.24. The lowest BCUT2D eigenvalue weighted by atomic mass is 10.1. The highest BCUT2D eigenvalue weighted by atomic mass is 16.6. The van der Waals surface area contributed by atoms with Gasteiger partial charge in [0.2, 0.25) is 0 Å². The third-order valence-corrected chi connectivity index (χ3v) is 3.88. The maximum Gasteiger partial charge on any atom is 0.341 e. The van der Waals surface area contributed by atoms with Crippen LogP contribution in [-0.2, 0) is 14.3 Å². The molecule has 1 heterocycles. The van der Waals surface area contributed by atoms with Gasteiger partial charge in [-0.2, -0.15) is 0 Å². The minimum atomic E-state index is -1.18. The Bertz CT molecular complexity index is 962. The zero-order valence-electron chi connectivity index (χ0n) is 16.3. The lowest BCUT2D eigenvalue weighted by Crippen LogP contribution is -2.38. The minimum Gasteiger partial charge on any atom is -0.481 e. The second-order valence-electron chi connectivity index (χ2n) is 7.36. The number of rotatable bonds is 5. The van der Waals surface area contributed by atoms with Crippen LogP contribution in [0.3, 0.4) is 0 Å². The molecule has 0 atom stereocenters. The maximum atomic E-state index is 13.4. The Labute approximate surface area is 167 Å². The van der Waals surface area contributed by atoms with Gasteiger partial charge >= 0.3 is 11.9 Å². The molecule has 1 aliphatic heterocycles. The Morgan fingerprint density at radius 3 is 2.45 bits per heavy atom. The van der Waals surface area contributed by atoms with Gasteiger partial charge in [0.15, 0.2) is 12.4 Å². The molecule has 0 saturated carbocycles. The molecule has 0 aliphatic carbocycles. The summed E-state index contributed by atoms with van der Waals surface area (Å²) >= 11 is 0. The van der Waals surface area contributed by atoms with E-state index < -0.39 is 30.1 Å². The predicted molar refractivity (Wildman–Crippen MR) is 104 cm³/mol. The lowest BCUT2D eigenvalue weighted by molar-refractivity contribution is -0.152. The SMILES string of the molecule is CC(C)(C)OC(=O)CN1C(=O)c2c(OCC(=O)O)cccc2Oc2ccccc21. The van der Waals surface area contributed by atoms with Crippen molar-refractivity contribution in [1.29, 1.82) is 0 Å². The number of carboxylic acid groups (broad SMARTS) is 1. The molecule has 0 unspecified atom stereocenters. The number of hydrogen-bond acceptors (Lipinski definition) is 6. The van der Waals surface area contributed by atoms with Gasteiger partial charge in [0, 0.05) is 0 Å². The summed E-state index contributed by atoms with van der Waals surface area (Å²) < 4.78 is 16.5. The van der Waals surface area contributed by atoms with Gasteiger partial charge in [-0.15, -0.1) is 0 Å². The molecule has 152 valence electrons. The number of carbonyl (C=O) groups is 3. The van der Waals surface area contributed by atoms with Gasteiger partial charge in [-0.05, 0) is 45.0 Å². The van der Waals surface area contributed by atoms with Gasteiger partial charge in [0.1, 0.15) is 29.2 Å². The van der Waals surface area contributed by atoms with E-state index in [9.17, 15) is 14.4 Å². The fourth-order valence-corrected chi connectivity index (χ4v) is 2.86. The summed E-state index contributed by atoms with van der Waals surface area (Å²) in [7, 11) is 0.